The van der Waals surface area contributed by atoms with E-state index in [4.69, 9.17) is 4.74 Å². The highest BCUT2D eigenvalue weighted by molar-refractivity contribution is 5.90. The number of benzene rings is 4. The summed E-state index contributed by atoms with van der Waals surface area (Å²) in [5.41, 5.74) is 5.68. The average Bonchev–Trinajstić information content (AvgIpc) is 3.44. The molecule has 13 heteroatoms. The average molecular weight is 688 g/mol. The van der Waals surface area contributed by atoms with Gasteiger partial charge in [-0.15, -0.1) is 0 Å². The molecule has 0 saturated heterocycles. The van der Waals surface area contributed by atoms with Crippen molar-refractivity contribution < 1.29 is 46.6 Å². The van der Waals surface area contributed by atoms with Gasteiger partial charge in [0.15, 0.2) is 0 Å². The number of nitrogens with one attached hydrogen (secondary N) is 2. The van der Waals surface area contributed by atoms with Gasteiger partial charge in [0.2, 0.25) is 11.8 Å². The van der Waals surface area contributed by atoms with Gasteiger partial charge in [-0.05, 0) is 38.9 Å². The third-order valence-corrected chi connectivity index (χ3v) is 8.11. The second-order valence-corrected chi connectivity index (χ2v) is 11.3. The van der Waals surface area contributed by atoms with Gasteiger partial charge in [0.05, 0.1) is 32.2 Å². The van der Waals surface area contributed by atoms with Gasteiger partial charge in [-0.3, -0.25) is 19.3 Å². The number of nitrogens with zero attached hydrogens (tertiary/aromatic N) is 1. The van der Waals surface area contributed by atoms with Gasteiger partial charge in [-0.25, -0.2) is 9.59 Å². The van der Waals surface area contributed by atoms with E-state index in [0.717, 1.165) is 33.4 Å². The van der Waals surface area contributed by atoms with Crippen LogP contribution in [0.3, 0.4) is 0 Å². The predicted molar refractivity (Wildman–Crippen MR) is 175 cm³/mol. The van der Waals surface area contributed by atoms with Crippen molar-refractivity contribution >= 4 is 29.8 Å². The third kappa shape index (κ3) is 8.35. The van der Waals surface area contributed by atoms with Crippen molar-refractivity contribution in [2.24, 2.45) is 0 Å². The molecule has 5 rings (SSSR count). The van der Waals surface area contributed by atoms with E-state index in [1.54, 1.807) is 24.3 Å². The van der Waals surface area contributed by atoms with Crippen LogP contribution in [0.15, 0.2) is 103 Å². The molecule has 0 fully saturated rings. The first-order valence-electron chi connectivity index (χ1n) is 15.5. The Bertz CT molecular complexity index is 1840. The molecule has 1 aliphatic carbocycles. The quantitative estimate of drug-likeness (QED) is 0.149. The number of hydrogen-bond donors (Lipinski definition) is 2. The van der Waals surface area contributed by atoms with Crippen LogP contribution in [0.25, 0.3) is 22.3 Å². The molecule has 0 bridgehead atoms. The molecule has 4 aromatic carbocycles. The number of halogens is 3. The topological polar surface area (TPSA) is 131 Å². The minimum Gasteiger partial charge on any atom is -0.453 e. The van der Waals surface area contributed by atoms with Crippen LogP contribution < -0.4 is 10.6 Å². The summed E-state index contributed by atoms with van der Waals surface area (Å²) >= 11 is 0. The van der Waals surface area contributed by atoms with Crippen molar-refractivity contribution in [2.45, 2.75) is 31.1 Å². The van der Waals surface area contributed by atoms with Crippen LogP contribution in [-0.2, 0) is 28.7 Å². The van der Waals surface area contributed by atoms with E-state index in [1.807, 2.05) is 78.9 Å². The number of rotatable bonds is 11. The van der Waals surface area contributed by atoms with E-state index < -0.39 is 61.1 Å². The van der Waals surface area contributed by atoms with Crippen molar-refractivity contribution in [3.63, 3.8) is 0 Å². The summed E-state index contributed by atoms with van der Waals surface area (Å²) < 4.78 is 47.1. The van der Waals surface area contributed by atoms with Gasteiger partial charge in [0, 0.05) is 13.0 Å². The monoisotopic (exact) mass is 687 g/mol. The fourth-order valence-electron chi connectivity index (χ4n) is 5.80. The van der Waals surface area contributed by atoms with E-state index in [1.165, 1.54) is 12.0 Å². The highest BCUT2D eigenvalue weighted by Crippen LogP contribution is 2.46. The predicted octanol–water partition coefficient (Wildman–Crippen LogP) is 5.88. The molecule has 1 atom stereocenters. The van der Waals surface area contributed by atoms with E-state index in [2.05, 4.69) is 15.4 Å². The Morgan fingerprint density at radius 1 is 0.760 bits per heavy atom. The molecule has 1 unspecified atom stereocenters. The molecular weight excluding hydrogens is 655 g/mol. The van der Waals surface area contributed by atoms with Crippen LogP contribution in [0, 0.1) is 0 Å². The Balaban J connectivity index is 1.23. The first kappa shape index (κ1) is 35.3. The number of amides is 3. The minimum atomic E-state index is -5.38. The van der Waals surface area contributed by atoms with Crippen LogP contribution >= 0.6 is 0 Å². The first-order chi connectivity index (χ1) is 24.0. The molecule has 4 aromatic rings. The second kappa shape index (κ2) is 15.5. The van der Waals surface area contributed by atoms with Crippen molar-refractivity contribution in [1.82, 2.24) is 15.5 Å². The molecule has 0 radical (unpaired) electrons. The lowest BCUT2D eigenvalue weighted by Gasteiger charge is -2.29. The van der Waals surface area contributed by atoms with E-state index in [0.29, 0.717) is 5.56 Å². The number of esters is 2. The van der Waals surface area contributed by atoms with Crippen molar-refractivity contribution in [3.05, 3.63) is 120 Å². The van der Waals surface area contributed by atoms with E-state index >= 15 is 0 Å². The van der Waals surface area contributed by atoms with Gasteiger partial charge in [0.25, 0.3) is 0 Å². The normalized spacial score (nSPS) is 12.6. The molecule has 2 N–H and O–H groups in total. The Kier molecular flexibility index (Phi) is 10.9. The highest BCUT2D eigenvalue weighted by atomic mass is 19.4. The summed E-state index contributed by atoms with van der Waals surface area (Å²) in [5, 5.41) is 4.99. The van der Waals surface area contributed by atoms with Crippen LogP contribution in [0.1, 0.15) is 41.6 Å². The van der Waals surface area contributed by atoms with Gasteiger partial charge in [-0.2, -0.15) is 13.2 Å². The van der Waals surface area contributed by atoms with Gasteiger partial charge >= 0.3 is 24.2 Å². The van der Waals surface area contributed by atoms with Gasteiger partial charge in [0.1, 0.15) is 0 Å². The number of carbonyl (C=O) groups excluding carboxylic acids is 5. The number of alkyl halides is 3. The standard InChI is InChI=1S/C37H32F3N3O7/c1-49-36(48)43(34-28-13-7-5-11-26(28)27-12-6-8-14-29(27)34)20-19-31(44)41-22-32(45)42-30(21-33(46)50-35(47)37(38,39)40)25-17-15-24(16-18-25)23-9-3-2-4-10-23/h2-18,30,34H,19-22H2,1H3,(H,41,44)(H,42,45). The number of fused-ring (bicyclic) bond motifs is 3. The number of ether oxygens (including phenoxy) is 2. The molecule has 0 aromatic heterocycles. The summed E-state index contributed by atoms with van der Waals surface area (Å²) in [6, 6.07) is 29.3. The van der Waals surface area contributed by atoms with Crippen LogP contribution in [0.2, 0.25) is 0 Å². The lowest BCUT2D eigenvalue weighted by Crippen LogP contribution is -2.41. The highest BCUT2D eigenvalue weighted by Gasteiger charge is 2.42. The molecular formula is C37H32F3N3O7. The maximum Gasteiger partial charge on any atom is 0.491 e. The van der Waals surface area contributed by atoms with Crippen LogP contribution in [0.5, 0.6) is 0 Å². The summed E-state index contributed by atoms with van der Waals surface area (Å²) in [6.07, 6.45) is -7.03. The summed E-state index contributed by atoms with van der Waals surface area (Å²) in [4.78, 5) is 63.8. The zero-order valence-electron chi connectivity index (χ0n) is 26.7. The van der Waals surface area contributed by atoms with Crippen LogP contribution in [0.4, 0.5) is 18.0 Å². The van der Waals surface area contributed by atoms with Crippen LogP contribution in [-0.4, -0.2) is 61.1 Å². The zero-order chi connectivity index (χ0) is 35.8. The summed E-state index contributed by atoms with van der Waals surface area (Å²) in [6.45, 7) is -0.607. The molecule has 0 spiro atoms. The number of methoxy groups -OCH3 is 1. The van der Waals surface area contributed by atoms with Gasteiger partial charge < -0.3 is 20.1 Å². The molecule has 3 amide bonds. The first-order valence-corrected chi connectivity index (χ1v) is 15.5. The fraction of sp³-hybridized carbons (Fsp3) is 0.216. The Labute approximate surface area is 285 Å². The molecule has 0 aliphatic heterocycles. The number of hydrogen-bond acceptors (Lipinski definition) is 7. The molecule has 0 heterocycles. The SMILES string of the molecule is COC(=O)N(CCC(=O)NCC(=O)NC(CC(=O)OC(=O)C(F)(F)F)c1ccc(-c2ccccc2)cc1)C1c2ccccc2-c2ccccc21. The Hall–Kier alpha value is -5.98. The fourth-order valence-corrected chi connectivity index (χ4v) is 5.80. The largest absolute Gasteiger partial charge is 0.491 e. The van der Waals surface area contributed by atoms with E-state index in [9.17, 15) is 37.1 Å². The maximum absolute atomic E-state index is 13.0. The smallest absolute Gasteiger partial charge is 0.453 e. The van der Waals surface area contributed by atoms with Crippen molar-refractivity contribution in [2.75, 3.05) is 20.2 Å². The van der Waals surface area contributed by atoms with E-state index in [-0.39, 0.29) is 13.0 Å². The molecule has 10 nitrogen and oxygen atoms in total. The lowest BCUT2D eigenvalue weighted by atomic mass is 9.99. The summed E-state index contributed by atoms with van der Waals surface area (Å²) in [7, 11) is 1.24. The molecule has 258 valence electrons. The number of carbonyl (C=O) groups is 5. The molecule has 50 heavy (non-hydrogen) atoms. The molecule has 1 aliphatic rings. The van der Waals surface area contributed by atoms with Crippen molar-refractivity contribution in [3.8, 4) is 22.3 Å². The maximum atomic E-state index is 13.0. The third-order valence-electron chi connectivity index (χ3n) is 8.11. The van der Waals surface area contributed by atoms with Crippen molar-refractivity contribution in [1.29, 1.82) is 0 Å². The van der Waals surface area contributed by atoms with Gasteiger partial charge in [-0.1, -0.05) is 103 Å². The zero-order valence-corrected chi connectivity index (χ0v) is 26.7. The second-order valence-electron chi connectivity index (χ2n) is 11.3. The Morgan fingerprint density at radius 3 is 1.90 bits per heavy atom. The minimum absolute atomic E-state index is 0.0527. The lowest BCUT2D eigenvalue weighted by molar-refractivity contribution is -0.202. The summed E-state index contributed by atoms with van der Waals surface area (Å²) in [5.74, 6) is -5.53. The Morgan fingerprint density at radius 2 is 1.32 bits per heavy atom. The molecule has 0 saturated carbocycles.